The predicted molar refractivity (Wildman–Crippen MR) is 102 cm³/mol. The van der Waals surface area contributed by atoms with Crippen molar-refractivity contribution in [1.29, 1.82) is 0 Å². The fourth-order valence-corrected chi connectivity index (χ4v) is 3.09. The molecule has 0 bridgehead atoms. The Kier molecular flexibility index (Phi) is 4.59. The molecule has 0 saturated carbocycles. The van der Waals surface area contributed by atoms with Crippen LogP contribution in [0.15, 0.2) is 77.9 Å². The van der Waals surface area contributed by atoms with Crippen LogP contribution in [0.1, 0.15) is 11.1 Å². The first-order valence-electron chi connectivity index (χ1n) is 8.64. The van der Waals surface area contributed by atoms with E-state index in [-0.39, 0.29) is 22.7 Å². The van der Waals surface area contributed by atoms with E-state index in [0.717, 1.165) is 5.56 Å². The van der Waals surface area contributed by atoms with Gasteiger partial charge in [-0.1, -0.05) is 29.5 Å². The Morgan fingerprint density at radius 1 is 1.04 bits per heavy atom. The summed E-state index contributed by atoms with van der Waals surface area (Å²) in [6.07, 6.45) is 3.68. The number of nitro benzene ring substituents is 1. The molecule has 0 fully saturated rings. The molecular weight excluding hydrogens is 358 g/mol. The normalized spacial score (nSPS) is 10.9. The molecule has 0 saturated heterocycles. The Hall–Kier alpha value is -3.94. The first-order valence-corrected chi connectivity index (χ1v) is 8.64. The summed E-state index contributed by atoms with van der Waals surface area (Å²) >= 11 is 0. The third-order valence-corrected chi connectivity index (χ3v) is 4.42. The number of benzene rings is 2. The van der Waals surface area contributed by atoms with Gasteiger partial charge in [0, 0.05) is 17.7 Å². The summed E-state index contributed by atoms with van der Waals surface area (Å²) in [5, 5.41) is 19.8. The van der Waals surface area contributed by atoms with E-state index < -0.39 is 0 Å². The molecule has 0 radical (unpaired) electrons. The summed E-state index contributed by atoms with van der Waals surface area (Å²) < 4.78 is 3.16. The lowest BCUT2D eigenvalue weighted by Crippen LogP contribution is -2.35. The summed E-state index contributed by atoms with van der Waals surface area (Å²) in [5.74, 6) is 0. The van der Waals surface area contributed by atoms with E-state index in [0.29, 0.717) is 23.0 Å². The van der Waals surface area contributed by atoms with Crippen LogP contribution in [0, 0.1) is 10.1 Å². The van der Waals surface area contributed by atoms with Crippen LogP contribution >= 0.6 is 0 Å². The molecule has 0 atom stereocenters. The topological polar surface area (TPSA) is 94.8 Å². The highest BCUT2D eigenvalue weighted by atomic mass is 16.6. The highest BCUT2D eigenvalue weighted by molar-refractivity contribution is 5.76. The van der Waals surface area contributed by atoms with Gasteiger partial charge in [0.15, 0.2) is 18.9 Å². The molecule has 0 N–H and O–H groups in total. The molecule has 4 aromatic rings. The zero-order valence-corrected chi connectivity index (χ0v) is 14.8. The van der Waals surface area contributed by atoms with E-state index in [1.54, 1.807) is 36.4 Å². The summed E-state index contributed by atoms with van der Waals surface area (Å²) in [6.45, 7) is 0.609. The average Bonchev–Trinajstić information content (AvgIpc) is 2.71. The second kappa shape index (κ2) is 7.36. The zero-order valence-electron chi connectivity index (χ0n) is 14.8. The minimum absolute atomic E-state index is 0.0806. The fraction of sp³-hybridized carbons (Fsp3) is 0.100. The van der Waals surface area contributed by atoms with Crippen molar-refractivity contribution in [1.82, 2.24) is 15.0 Å². The molecular formula is C20H16N5O3+. The van der Waals surface area contributed by atoms with Gasteiger partial charge in [0.2, 0.25) is 0 Å². The average molecular weight is 374 g/mol. The van der Waals surface area contributed by atoms with E-state index >= 15 is 0 Å². The predicted octanol–water partition coefficient (Wildman–Crippen LogP) is 2.08. The summed E-state index contributed by atoms with van der Waals surface area (Å²) in [5.41, 5.74) is 1.88. The highest BCUT2D eigenvalue weighted by Crippen LogP contribution is 2.17. The number of rotatable bonds is 5. The van der Waals surface area contributed by atoms with Gasteiger partial charge in [0.1, 0.15) is 5.52 Å². The van der Waals surface area contributed by atoms with Crippen molar-refractivity contribution < 1.29 is 9.49 Å². The van der Waals surface area contributed by atoms with Crippen molar-refractivity contribution >= 4 is 16.6 Å². The van der Waals surface area contributed by atoms with Gasteiger partial charge < -0.3 is 0 Å². The number of hydrogen-bond acceptors (Lipinski definition) is 5. The van der Waals surface area contributed by atoms with Gasteiger partial charge in [0.05, 0.1) is 22.4 Å². The number of aromatic nitrogens is 4. The molecule has 0 unspecified atom stereocenters. The van der Waals surface area contributed by atoms with Crippen molar-refractivity contribution in [2.75, 3.05) is 0 Å². The van der Waals surface area contributed by atoms with Crippen LogP contribution in [-0.2, 0) is 13.1 Å². The molecule has 28 heavy (non-hydrogen) atoms. The van der Waals surface area contributed by atoms with E-state index in [1.807, 2.05) is 35.2 Å². The van der Waals surface area contributed by atoms with Gasteiger partial charge >= 0.3 is 0 Å². The van der Waals surface area contributed by atoms with Crippen molar-refractivity contribution in [3.8, 4) is 0 Å². The largest absolute Gasteiger partial charge is 0.278 e. The van der Waals surface area contributed by atoms with Crippen LogP contribution in [0.25, 0.3) is 10.9 Å². The Morgan fingerprint density at radius 3 is 2.68 bits per heavy atom. The summed E-state index contributed by atoms with van der Waals surface area (Å²) in [6, 6.07) is 17.4. The Bertz CT molecular complexity index is 1240. The van der Waals surface area contributed by atoms with Crippen molar-refractivity contribution in [3.63, 3.8) is 0 Å². The molecule has 4 rings (SSSR count). The van der Waals surface area contributed by atoms with Crippen LogP contribution in [0.2, 0.25) is 0 Å². The minimum Gasteiger partial charge on any atom is -0.267 e. The number of hydrogen-bond donors (Lipinski definition) is 0. The van der Waals surface area contributed by atoms with Gasteiger partial charge in [-0.3, -0.25) is 14.9 Å². The number of pyridine rings is 1. The summed E-state index contributed by atoms with van der Waals surface area (Å²) in [4.78, 5) is 23.4. The van der Waals surface area contributed by atoms with Gasteiger partial charge in [0.25, 0.3) is 11.2 Å². The molecule has 2 aromatic heterocycles. The molecule has 8 nitrogen and oxygen atoms in total. The number of nitrogens with zero attached hydrogens (tertiary/aromatic N) is 5. The standard InChI is InChI=1S/C20H16N5O3/c26-20-17-8-2-3-9-18(17)21-22-24(20)13-15-6-5-11-23(12-15)14-16-7-1-4-10-19(16)25(27)28/h1-12H,13-14H2/q+1. The quantitative estimate of drug-likeness (QED) is 0.303. The number of para-hydroxylation sites is 1. The molecule has 0 amide bonds. The Balaban J connectivity index is 1.63. The number of fused-ring (bicyclic) bond motifs is 1. The van der Waals surface area contributed by atoms with Gasteiger partial charge in [-0.05, 0) is 24.3 Å². The van der Waals surface area contributed by atoms with Gasteiger partial charge in [-0.15, -0.1) is 5.10 Å². The lowest BCUT2D eigenvalue weighted by molar-refractivity contribution is -0.689. The van der Waals surface area contributed by atoms with Gasteiger partial charge in [-0.25, -0.2) is 9.25 Å². The molecule has 0 spiro atoms. The van der Waals surface area contributed by atoms with Crippen LogP contribution < -0.4 is 10.1 Å². The molecule has 0 aliphatic carbocycles. The highest BCUT2D eigenvalue weighted by Gasteiger charge is 2.16. The first-order chi connectivity index (χ1) is 13.6. The minimum atomic E-state index is -0.385. The smallest absolute Gasteiger partial charge is 0.267 e. The molecule has 138 valence electrons. The van der Waals surface area contributed by atoms with Crippen molar-refractivity contribution in [2.45, 2.75) is 13.1 Å². The second-order valence-corrected chi connectivity index (χ2v) is 6.34. The Morgan fingerprint density at radius 2 is 1.82 bits per heavy atom. The van der Waals surface area contributed by atoms with Crippen LogP contribution in [0.4, 0.5) is 5.69 Å². The summed E-state index contributed by atoms with van der Waals surface area (Å²) in [7, 11) is 0. The maximum Gasteiger partial charge on any atom is 0.278 e. The van der Waals surface area contributed by atoms with E-state index in [2.05, 4.69) is 10.3 Å². The lowest BCUT2D eigenvalue weighted by Gasteiger charge is -2.05. The number of nitro groups is 1. The van der Waals surface area contributed by atoms with Crippen molar-refractivity contribution in [2.24, 2.45) is 0 Å². The van der Waals surface area contributed by atoms with Crippen molar-refractivity contribution in [3.05, 3.63) is 105 Å². The SMILES string of the molecule is O=c1c2ccccc2nnn1Cc1ccc[n+](Cc2ccccc2[N+](=O)[O-])c1. The molecule has 0 aliphatic heterocycles. The Labute approximate surface area is 159 Å². The maximum absolute atomic E-state index is 12.6. The van der Waals surface area contributed by atoms with Crippen LogP contribution in [0.5, 0.6) is 0 Å². The second-order valence-electron chi connectivity index (χ2n) is 6.34. The van der Waals surface area contributed by atoms with E-state index in [1.165, 1.54) is 10.7 Å². The van der Waals surface area contributed by atoms with Crippen LogP contribution in [-0.4, -0.2) is 19.9 Å². The van der Waals surface area contributed by atoms with E-state index in [4.69, 9.17) is 0 Å². The molecule has 2 aromatic carbocycles. The lowest BCUT2D eigenvalue weighted by atomic mass is 10.1. The first kappa shape index (κ1) is 17.5. The maximum atomic E-state index is 12.6. The third kappa shape index (κ3) is 3.48. The van der Waals surface area contributed by atoms with E-state index in [9.17, 15) is 14.9 Å². The molecule has 8 heteroatoms. The monoisotopic (exact) mass is 374 g/mol. The third-order valence-electron chi connectivity index (χ3n) is 4.42. The van der Waals surface area contributed by atoms with Gasteiger partial charge in [-0.2, -0.15) is 0 Å². The molecule has 2 heterocycles. The zero-order chi connectivity index (χ0) is 19.5. The van der Waals surface area contributed by atoms with Crippen LogP contribution in [0.3, 0.4) is 0 Å². The fourth-order valence-electron chi connectivity index (χ4n) is 3.09. The molecule has 0 aliphatic rings.